The summed E-state index contributed by atoms with van der Waals surface area (Å²) in [6.07, 6.45) is 3.05. The van der Waals surface area contributed by atoms with Crippen LogP contribution in [0.4, 0.5) is 13.2 Å². The zero-order valence-corrected chi connectivity index (χ0v) is 19.3. The number of carboxylic acid groups (broad SMARTS) is 1. The van der Waals surface area contributed by atoms with Crippen LogP contribution in [-0.2, 0) is 16.0 Å². The lowest BCUT2D eigenvalue weighted by Gasteiger charge is -2.46. The zero-order chi connectivity index (χ0) is 24.8. The largest absolute Gasteiger partial charge is 0.490 e. The second-order valence-electron chi connectivity index (χ2n) is 8.49. The lowest BCUT2D eigenvalue weighted by atomic mass is 9.71. The van der Waals surface area contributed by atoms with Gasteiger partial charge in [0.05, 0.1) is 11.3 Å². The summed E-state index contributed by atoms with van der Waals surface area (Å²) in [6.45, 7) is 3.33. The van der Waals surface area contributed by atoms with E-state index in [1.807, 2.05) is 39.4 Å². The molecule has 1 spiro atoms. The van der Waals surface area contributed by atoms with E-state index in [2.05, 4.69) is 4.98 Å². The van der Waals surface area contributed by atoms with Gasteiger partial charge in [-0.1, -0.05) is 12.1 Å². The number of halogens is 3. The molecule has 0 bridgehead atoms. The summed E-state index contributed by atoms with van der Waals surface area (Å²) in [7, 11) is 0. The van der Waals surface area contributed by atoms with E-state index in [0.29, 0.717) is 11.8 Å². The normalized spacial score (nSPS) is 17.6. The number of carboxylic acids is 1. The number of aliphatic carboxylic acids is 1. The van der Waals surface area contributed by atoms with Crippen molar-refractivity contribution in [3.63, 3.8) is 0 Å². The molecular formula is C23H26F3N3O4S. The molecule has 0 aromatic carbocycles. The van der Waals surface area contributed by atoms with E-state index in [0.717, 1.165) is 62.3 Å². The number of amides is 2. The number of rotatable bonds is 3. The predicted octanol–water partition coefficient (Wildman–Crippen LogP) is 3.86. The third kappa shape index (κ3) is 6.78. The Morgan fingerprint density at radius 2 is 1.59 bits per heavy atom. The summed E-state index contributed by atoms with van der Waals surface area (Å²) in [5.74, 6) is -2.39. The van der Waals surface area contributed by atoms with Crippen LogP contribution in [0.5, 0.6) is 0 Å². The zero-order valence-electron chi connectivity index (χ0n) is 18.5. The van der Waals surface area contributed by atoms with E-state index in [1.54, 1.807) is 12.4 Å². The van der Waals surface area contributed by atoms with E-state index in [-0.39, 0.29) is 11.8 Å². The molecule has 2 aliphatic rings. The molecule has 11 heteroatoms. The van der Waals surface area contributed by atoms with Gasteiger partial charge in [-0.05, 0) is 54.2 Å². The first-order valence-corrected chi connectivity index (χ1v) is 11.8. The SMILES string of the molecule is O=C(Cc1cccnc1)N1CCC2(CC1)CCN(C(=O)c1cccs1)CC2.O=C(O)C(F)(F)F. The minimum absolute atomic E-state index is 0.170. The van der Waals surface area contributed by atoms with Crippen LogP contribution in [0.1, 0.15) is 40.9 Å². The third-order valence-electron chi connectivity index (χ3n) is 6.34. The van der Waals surface area contributed by atoms with Crippen LogP contribution in [0.15, 0.2) is 42.0 Å². The molecule has 184 valence electrons. The predicted molar refractivity (Wildman–Crippen MR) is 119 cm³/mol. The number of alkyl halides is 3. The number of pyridine rings is 1. The fourth-order valence-electron chi connectivity index (χ4n) is 4.26. The van der Waals surface area contributed by atoms with Crippen LogP contribution in [0.2, 0.25) is 0 Å². The van der Waals surface area contributed by atoms with Gasteiger partial charge in [-0.15, -0.1) is 11.3 Å². The van der Waals surface area contributed by atoms with Crippen molar-refractivity contribution in [2.75, 3.05) is 26.2 Å². The van der Waals surface area contributed by atoms with Crippen molar-refractivity contribution < 1.29 is 32.7 Å². The molecule has 0 aliphatic carbocycles. The van der Waals surface area contributed by atoms with Crippen molar-refractivity contribution in [3.8, 4) is 0 Å². The van der Waals surface area contributed by atoms with Gasteiger partial charge in [0.15, 0.2) is 0 Å². The Bertz CT molecular complexity index is 965. The van der Waals surface area contributed by atoms with Gasteiger partial charge in [0.1, 0.15) is 0 Å². The minimum Gasteiger partial charge on any atom is -0.475 e. The Kier molecular flexibility index (Phi) is 8.29. The summed E-state index contributed by atoms with van der Waals surface area (Å²) >= 11 is 1.52. The lowest BCUT2D eigenvalue weighted by molar-refractivity contribution is -0.192. The molecule has 2 saturated heterocycles. The molecule has 7 nitrogen and oxygen atoms in total. The van der Waals surface area contributed by atoms with Gasteiger partial charge in [0, 0.05) is 38.6 Å². The van der Waals surface area contributed by atoms with E-state index >= 15 is 0 Å². The first kappa shape index (κ1) is 25.7. The molecular weight excluding hydrogens is 471 g/mol. The van der Waals surface area contributed by atoms with Gasteiger partial charge >= 0.3 is 12.1 Å². The Hall–Kier alpha value is -2.95. The topological polar surface area (TPSA) is 90.8 Å². The number of nitrogens with zero attached hydrogens (tertiary/aromatic N) is 3. The van der Waals surface area contributed by atoms with Gasteiger partial charge in [-0.25, -0.2) is 4.79 Å². The van der Waals surface area contributed by atoms with E-state index in [9.17, 15) is 22.8 Å². The molecule has 4 heterocycles. The van der Waals surface area contributed by atoms with Crippen molar-refractivity contribution in [1.29, 1.82) is 0 Å². The van der Waals surface area contributed by atoms with Crippen molar-refractivity contribution >= 4 is 29.1 Å². The second-order valence-corrected chi connectivity index (χ2v) is 9.44. The first-order chi connectivity index (χ1) is 16.1. The van der Waals surface area contributed by atoms with Crippen LogP contribution in [-0.4, -0.2) is 70.0 Å². The molecule has 2 aromatic heterocycles. The lowest BCUT2D eigenvalue weighted by Crippen LogP contribution is -2.49. The van der Waals surface area contributed by atoms with Crippen LogP contribution in [0.3, 0.4) is 0 Å². The van der Waals surface area contributed by atoms with Crippen molar-refractivity contribution in [1.82, 2.24) is 14.8 Å². The van der Waals surface area contributed by atoms with Crippen molar-refractivity contribution in [2.24, 2.45) is 5.41 Å². The minimum atomic E-state index is -5.08. The Balaban J connectivity index is 0.000000406. The first-order valence-electron chi connectivity index (χ1n) is 10.9. The van der Waals surface area contributed by atoms with Crippen molar-refractivity contribution in [3.05, 3.63) is 52.5 Å². The van der Waals surface area contributed by atoms with E-state index < -0.39 is 12.1 Å². The maximum atomic E-state index is 12.6. The number of piperidine rings is 2. The molecule has 0 unspecified atom stereocenters. The molecule has 2 fully saturated rings. The molecule has 1 N–H and O–H groups in total. The Morgan fingerprint density at radius 3 is 2.06 bits per heavy atom. The quantitative estimate of drug-likeness (QED) is 0.696. The number of hydrogen-bond acceptors (Lipinski definition) is 5. The van der Waals surface area contributed by atoms with Crippen molar-refractivity contribution in [2.45, 2.75) is 38.3 Å². The molecule has 2 aliphatic heterocycles. The van der Waals surface area contributed by atoms with E-state index in [4.69, 9.17) is 9.90 Å². The van der Waals surface area contributed by atoms with Gasteiger partial charge in [0.2, 0.25) is 5.91 Å². The van der Waals surface area contributed by atoms with Gasteiger partial charge in [-0.3, -0.25) is 14.6 Å². The highest BCUT2D eigenvalue weighted by Crippen LogP contribution is 2.41. The Morgan fingerprint density at radius 1 is 1.00 bits per heavy atom. The van der Waals surface area contributed by atoms with Gasteiger partial charge < -0.3 is 14.9 Å². The van der Waals surface area contributed by atoms with E-state index in [1.165, 1.54) is 11.3 Å². The average Bonchev–Trinajstić information content (AvgIpc) is 3.35. The molecule has 34 heavy (non-hydrogen) atoms. The third-order valence-corrected chi connectivity index (χ3v) is 7.20. The maximum absolute atomic E-state index is 12.6. The summed E-state index contributed by atoms with van der Waals surface area (Å²) in [5, 5.41) is 9.08. The molecule has 2 amide bonds. The average molecular weight is 498 g/mol. The standard InChI is InChI=1S/C21H25N3O2S.C2HF3O2/c25-19(15-17-3-1-9-22-16-17)23-10-5-21(6-11-23)7-12-24(13-8-21)20(26)18-4-2-14-27-18;3-2(4,5)1(6)7/h1-4,9,14,16H,5-8,10-13,15H2;(H,6,7). The summed E-state index contributed by atoms with van der Waals surface area (Å²) in [4.78, 5) is 42.9. The number of thiophene rings is 1. The highest BCUT2D eigenvalue weighted by atomic mass is 32.1. The highest BCUT2D eigenvalue weighted by Gasteiger charge is 2.40. The summed E-state index contributed by atoms with van der Waals surface area (Å²) < 4.78 is 31.7. The summed E-state index contributed by atoms with van der Waals surface area (Å²) in [5.41, 5.74) is 1.28. The number of likely N-dealkylation sites (tertiary alicyclic amines) is 2. The summed E-state index contributed by atoms with van der Waals surface area (Å²) in [6, 6.07) is 7.67. The number of carbonyl (C=O) groups excluding carboxylic acids is 2. The maximum Gasteiger partial charge on any atom is 0.490 e. The van der Waals surface area contributed by atoms with Crippen LogP contribution >= 0.6 is 11.3 Å². The molecule has 0 saturated carbocycles. The smallest absolute Gasteiger partial charge is 0.475 e. The molecule has 2 aromatic rings. The highest BCUT2D eigenvalue weighted by molar-refractivity contribution is 7.12. The number of aromatic nitrogens is 1. The number of carbonyl (C=O) groups is 3. The Labute approximate surface area is 199 Å². The molecule has 0 radical (unpaired) electrons. The monoisotopic (exact) mass is 497 g/mol. The molecule has 0 atom stereocenters. The fraction of sp³-hybridized carbons (Fsp3) is 0.478. The molecule has 4 rings (SSSR count). The second kappa shape index (κ2) is 11.0. The van der Waals surface area contributed by atoms with Crippen LogP contribution in [0, 0.1) is 5.41 Å². The van der Waals surface area contributed by atoms with Gasteiger partial charge in [0.25, 0.3) is 5.91 Å². The van der Waals surface area contributed by atoms with Crippen LogP contribution in [0.25, 0.3) is 0 Å². The number of hydrogen-bond donors (Lipinski definition) is 1. The fourth-order valence-corrected chi connectivity index (χ4v) is 4.95. The van der Waals surface area contributed by atoms with Crippen LogP contribution < -0.4 is 0 Å². The van der Waals surface area contributed by atoms with Gasteiger partial charge in [-0.2, -0.15) is 13.2 Å².